The molecule has 0 N–H and O–H groups in total. The second kappa shape index (κ2) is 5.95. The lowest BCUT2D eigenvalue weighted by Gasteiger charge is -2.35. The van der Waals surface area contributed by atoms with Gasteiger partial charge in [-0.05, 0) is 17.2 Å². The first-order valence-corrected chi connectivity index (χ1v) is 6.46. The van der Waals surface area contributed by atoms with Crippen LogP contribution in [0.15, 0.2) is 30.3 Å². The van der Waals surface area contributed by atoms with Crippen LogP contribution >= 0.6 is 11.6 Å². The summed E-state index contributed by atoms with van der Waals surface area (Å²) in [7, 11) is 0. The molecule has 2 nitrogen and oxygen atoms in total. The summed E-state index contributed by atoms with van der Waals surface area (Å²) in [5.41, 5.74) is 1.26. The lowest BCUT2D eigenvalue weighted by molar-refractivity contribution is 0.0246. The first-order chi connectivity index (χ1) is 8.53. The molecule has 0 unspecified atom stereocenters. The highest BCUT2D eigenvalue weighted by Gasteiger charge is 2.29. The number of benzene rings is 1. The first kappa shape index (κ1) is 13.7. The van der Waals surface area contributed by atoms with E-state index < -0.39 is 5.38 Å². The number of hydrogen-bond acceptors (Lipinski definition) is 2. The van der Waals surface area contributed by atoms with Crippen molar-refractivity contribution >= 4 is 11.6 Å². The zero-order valence-electron chi connectivity index (χ0n) is 10.2. The fourth-order valence-electron chi connectivity index (χ4n) is 2.20. The molecule has 1 aromatic carbocycles. The molecule has 100 valence electrons. The van der Waals surface area contributed by atoms with Crippen molar-refractivity contribution in [1.82, 2.24) is 9.80 Å². The van der Waals surface area contributed by atoms with Gasteiger partial charge in [0, 0.05) is 32.7 Å². The van der Waals surface area contributed by atoms with Gasteiger partial charge in [0.05, 0.1) is 6.54 Å². The molecule has 0 amide bonds. The lowest BCUT2D eigenvalue weighted by Crippen LogP contribution is -2.48. The molecule has 1 aromatic rings. The molecule has 1 aliphatic rings. The van der Waals surface area contributed by atoms with E-state index >= 15 is 0 Å². The van der Waals surface area contributed by atoms with Crippen molar-refractivity contribution < 1.29 is 8.78 Å². The Kier molecular flexibility index (Phi) is 4.54. The Labute approximate surface area is 111 Å². The van der Waals surface area contributed by atoms with Crippen molar-refractivity contribution in [2.75, 3.05) is 32.7 Å². The van der Waals surface area contributed by atoms with Gasteiger partial charge in [-0.3, -0.25) is 9.80 Å². The molecule has 18 heavy (non-hydrogen) atoms. The number of nitrogens with zero attached hydrogens (tertiary/aromatic N) is 2. The van der Waals surface area contributed by atoms with Gasteiger partial charge in [-0.25, -0.2) is 0 Å². The molecule has 0 saturated carbocycles. The maximum Gasteiger partial charge on any atom is 0.334 e. The van der Waals surface area contributed by atoms with E-state index in [1.807, 2.05) is 18.2 Å². The van der Waals surface area contributed by atoms with E-state index in [1.165, 1.54) is 5.56 Å². The third kappa shape index (κ3) is 4.52. The standard InChI is InChI=1S/C13H17ClF2N2/c14-13(15,16)11-18-8-6-17(7-9-18)10-12-4-2-1-3-5-12/h1-5H,6-11H2. The Morgan fingerprint density at radius 3 is 2.11 bits per heavy atom. The second-order valence-electron chi connectivity index (χ2n) is 4.65. The van der Waals surface area contributed by atoms with Crippen LogP contribution in [-0.2, 0) is 6.54 Å². The van der Waals surface area contributed by atoms with Gasteiger partial charge in [-0.1, -0.05) is 30.3 Å². The highest BCUT2D eigenvalue weighted by atomic mass is 35.5. The van der Waals surface area contributed by atoms with Gasteiger partial charge < -0.3 is 0 Å². The van der Waals surface area contributed by atoms with Crippen molar-refractivity contribution in [1.29, 1.82) is 0 Å². The van der Waals surface area contributed by atoms with Crippen LogP contribution < -0.4 is 0 Å². The average molecular weight is 275 g/mol. The van der Waals surface area contributed by atoms with Crippen molar-refractivity contribution in [3.8, 4) is 0 Å². The minimum absolute atomic E-state index is 0.353. The molecular weight excluding hydrogens is 258 g/mol. The third-order valence-electron chi connectivity index (χ3n) is 3.12. The second-order valence-corrected chi connectivity index (χ2v) is 5.21. The molecule has 2 rings (SSSR count). The molecule has 1 aliphatic heterocycles. The molecule has 0 bridgehead atoms. The van der Waals surface area contributed by atoms with E-state index in [9.17, 15) is 8.78 Å². The van der Waals surface area contributed by atoms with Gasteiger partial charge in [0.1, 0.15) is 0 Å². The number of piperazine rings is 1. The topological polar surface area (TPSA) is 6.48 Å². The van der Waals surface area contributed by atoms with E-state index in [2.05, 4.69) is 17.0 Å². The van der Waals surface area contributed by atoms with E-state index in [4.69, 9.17) is 11.6 Å². The Morgan fingerprint density at radius 2 is 1.56 bits per heavy atom. The van der Waals surface area contributed by atoms with Crippen molar-refractivity contribution in [3.63, 3.8) is 0 Å². The number of halogens is 3. The van der Waals surface area contributed by atoms with Crippen LogP contribution in [-0.4, -0.2) is 47.9 Å². The molecule has 1 fully saturated rings. The molecule has 0 atom stereocenters. The van der Waals surface area contributed by atoms with Gasteiger partial charge in [0.15, 0.2) is 0 Å². The van der Waals surface area contributed by atoms with Crippen LogP contribution in [0.25, 0.3) is 0 Å². The molecule has 0 aromatic heterocycles. The molecular formula is C13H17ClF2N2. The van der Waals surface area contributed by atoms with E-state index in [-0.39, 0.29) is 6.54 Å². The van der Waals surface area contributed by atoms with Crippen molar-refractivity contribution in [2.24, 2.45) is 0 Å². The molecule has 0 aliphatic carbocycles. The Bertz CT molecular complexity index is 359. The van der Waals surface area contributed by atoms with Crippen molar-refractivity contribution in [2.45, 2.75) is 11.9 Å². The molecule has 0 spiro atoms. The SMILES string of the molecule is FC(F)(Cl)CN1CCN(Cc2ccccc2)CC1. The summed E-state index contributed by atoms with van der Waals surface area (Å²) in [6.45, 7) is 3.44. The normalized spacial score (nSPS) is 19.1. The summed E-state index contributed by atoms with van der Waals surface area (Å²) in [6, 6.07) is 10.2. The number of rotatable bonds is 4. The van der Waals surface area contributed by atoms with Gasteiger partial charge in [-0.2, -0.15) is 8.78 Å². The van der Waals surface area contributed by atoms with Gasteiger partial charge in [0.25, 0.3) is 0 Å². The summed E-state index contributed by atoms with van der Waals surface area (Å²) in [4.78, 5) is 3.99. The fraction of sp³-hybridized carbons (Fsp3) is 0.538. The van der Waals surface area contributed by atoms with Crippen LogP contribution in [0.2, 0.25) is 0 Å². The van der Waals surface area contributed by atoms with Crippen LogP contribution in [0, 0.1) is 0 Å². The molecule has 1 heterocycles. The maximum atomic E-state index is 12.7. The van der Waals surface area contributed by atoms with E-state index in [0.29, 0.717) is 13.1 Å². The molecule has 1 saturated heterocycles. The van der Waals surface area contributed by atoms with Crippen LogP contribution in [0.1, 0.15) is 5.56 Å². The summed E-state index contributed by atoms with van der Waals surface area (Å²) in [5.74, 6) is 0. The number of hydrogen-bond donors (Lipinski definition) is 0. The predicted octanol–water partition coefficient (Wildman–Crippen LogP) is 2.64. The minimum Gasteiger partial charge on any atom is -0.297 e. The predicted molar refractivity (Wildman–Crippen MR) is 69.0 cm³/mol. The van der Waals surface area contributed by atoms with Gasteiger partial charge in [0.2, 0.25) is 0 Å². The summed E-state index contributed by atoms with van der Waals surface area (Å²) >= 11 is 4.94. The number of alkyl halides is 3. The van der Waals surface area contributed by atoms with Crippen LogP contribution in [0.3, 0.4) is 0 Å². The molecule has 0 radical (unpaired) electrons. The van der Waals surface area contributed by atoms with Gasteiger partial charge >= 0.3 is 5.38 Å². The van der Waals surface area contributed by atoms with Crippen molar-refractivity contribution in [3.05, 3.63) is 35.9 Å². The minimum atomic E-state index is -3.11. The van der Waals surface area contributed by atoms with Crippen LogP contribution in [0.5, 0.6) is 0 Å². The quantitative estimate of drug-likeness (QED) is 0.779. The fourth-order valence-corrected chi connectivity index (χ4v) is 2.37. The Balaban J connectivity index is 1.77. The summed E-state index contributed by atoms with van der Waals surface area (Å²) < 4.78 is 25.3. The molecule has 5 heteroatoms. The van der Waals surface area contributed by atoms with E-state index in [1.54, 1.807) is 4.90 Å². The summed E-state index contributed by atoms with van der Waals surface area (Å²) in [5, 5.41) is -3.11. The summed E-state index contributed by atoms with van der Waals surface area (Å²) in [6.07, 6.45) is 0. The third-order valence-corrected chi connectivity index (χ3v) is 3.24. The zero-order chi connectivity index (χ0) is 13.0. The zero-order valence-corrected chi connectivity index (χ0v) is 10.9. The van der Waals surface area contributed by atoms with Crippen LogP contribution in [0.4, 0.5) is 8.78 Å². The largest absolute Gasteiger partial charge is 0.334 e. The first-order valence-electron chi connectivity index (χ1n) is 6.08. The Hall–Kier alpha value is -0.710. The lowest BCUT2D eigenvalue weighted by atomic mass is 10.2. The maximum absolute atomic E-state index is 12.7. The Morgan fingerprint density at radius 1 is 1.00 bits per heavy atom. The van der Waals surface area contributed by atoms with Gasteiger partial charge in [-0.15, -0.1) is 0 Å². The average Bonchev–Trinajstić information content (AvgIpc) is 2.31. The monoisotopic (exact) mass is 274 g/mol. The smallest absolute Gasteiger partial charge is 0.297 e. The van der Waals surface area contributed by atoms with E-state index in [0.717, 1.165) is 19.6 Å². The highest BCUT2D eigenvalue weighted by Crippen LogP contribution is 2.21. The highest BCUT2D eigenvalue weighted by molar-refractivity contribution is 6.21.